The lowest BCUT2D eigenvalue weighted by atomic mass is 10.1. The molecule has 18 heavy (non-hydrogen) atoms. The van der Waals surface area contributed by atoms with E-state index < -0.39 is 5.60 Å². The second kappa shape index (κ2) is 6.21. The standard InChI is InChI=1S/C14H25NO3/c1-5-9-15(13(17)18-14(2,3)4)12(8-10-16)11-6-7-11/h10-12H,5-9H2,1-4H3. The van der Waals surface area contributed by atoms with Crippen molar-refractivity contribution in [2.75, 3.05) is 6.54 Å². The van der Waals surface area contributed by atoms with E-state index in [1.165, 1.54) is 0 Å². The molecule has 1 aliphatic rings. The third-order valence-electron chi connectivity index (χ3n) is 3.00. The first kappa shape index (κ1) is 15.0. The van der Waals surface area contributed by atoms with Crippen molar-refractivity contribution >= 4 is 12.4 Å². The van der Waals surface area contributed by atoms with Crippen LogP contribution in [0.25, 0.3) is 0 Å². The Hall–Kier alpha value is -1.06. The molecule has 0 spiro atoms. The predicted octanol–water partition coefficient (Wildman–Crippen LogP) is 3.00. The van der Waals surface area contributed by atoms with Gasteiger partial charge in [0.2, 0.25) is 0 Å². The molecule has 0 aromatic rings. The van der Waals surface area contributed by atoms with E-state index in [4.69, 9.17) is 4.74 Å². The van der Waals surface area contributed by atoms with E-state index in [1.54, 1.807) is 4.90 Å². The average molecular weight is 255 g/mol. The van der Waals surface area contributed by atoms with Crippen LogP contribution in [0, 0.1) is 5.92 Å². The van der Waals surface area contributed by atoms with Crippen LogP contribution in [0.5, 0.6) is 0 Å². The first-order valence-electron chi connectivity index (χ1n) is 6.82. The van der Waals surface area contributed by atoms with Gasteiger partial charge in [-0.1, -0.05) is 6.92 Å². The maximum atomic E-state index is 12.2. The molecule has 1 aliphatic carbocycles. The lowest BCUT2D eigenvalue weighted by Crippen LogP contribution is -2.45. The molecule has 1 amide bonds. The quantitative estimate of drug-likeness (QED) is 0.685. The Morgan fingerprint density at radius 3 is 2.44 bits per heavy atom. The summed E-state index contributed by atoms with van der Waals surface area (Å²) in [5, 5.41) is 0. The summed E-state index contributed by atoms with van der Waals surface area (Å²) in [6.07, 6.45) is 4.15. The summed E-state index contributed by atoms with van der Waals surface area (Å²) in [4.78, 5) is 24.7. The lowest BCUT2D eigenvalue weighted by Gasteiger charge is -2.32. The first-order chi connectivity index (χ1) is 8.39. The molecule has 1 atom stereocenters. The maximum Gasteiger partial charge on any atom is 0.410 e. The van der Waals surface area contributed by atoms with Crippen LogP contribution in [-0.4, -0.2) is 35.5 Å². The molecule has 0 heterocycles. The summed E-state index contributed by atoms with van der Waals surface area (Å²) >= 11 is 0. The largest absolute Gasteiger partial charge is 0.444 e. The molecule has 0 N–H and O–H groups in total. The Labute approximate surface area is 110 Å². The molecule has 0 aromatic heterocycles. The van der Waals surface area contributed by atoms with E-state index in [9.17, 15) is 9.59 Å². The van der Waals surface area contributed by atoms with Crippen LogP contribution >= 0.6 is 0 Å². The van der Waals surface area contributed by atoms with Crippen LogP contribution in [0.3, 0.4) is 0 Å². The van der Waals surface area contributed by atoms with Crippen LogP contribution in [-0.2, 0) is 9.53 Å². The number of amides is 1. The molecule has 1 unspecified atom stereocenters. The number of aldehydes is 1. The Bertz CT molecular complexity index is 292. The number of hydrogen-bond acceptors (Lipinski definition) is 3. The van der Waals surface area contributed by atoms with Crippen molar-refractivity contribution in [2.24, 2.45) is 5.92 Å². The van der Waals surface area contributed by atoms with Crippen molar-refractivity contribution < 1.29 is 14.3 Å². The van der Waals surface area contributed by atoms with E-state index in [1.807, 2.05) is 27.7 Å². The van der Waals surface area contributed by atoms with Gasteiger partial charge in [0.1, 0.15) is 11.9 Å². The highest BCUT2D eigenvalue weighted by Gasteiger charge is 2.38. The SMILES string of the molecule is CCCN(C(=O)OC(C)(C)C)C(CC=O)C1CC1. The van der Waals surface area contributed by atoms with Crippen molar-refractivity contribution in [1.29, 1.82) is 0 Å². The average Bonchev–Trinajstić information content (AvgIpc) is 3.04. The van der Waals surface area contributed by atoms with Gasteiger partial charge in [-0.05, 0) is 46.0 Å². The molecule has 0 saturated heterocycles. The minimum atomic E-state index is -0.488. The van der Waals surface area contributed by atoms with E-state index in [-0.39, 0.29) is 12.1 Å². The summed E-state index contributed by atoms with van der Waals surface area (Å²) < 4.78 is 5.43. The fourth-order valence-corrected chi connectivity index (χ4v) is 2.11. The summed E-state index contributed by atoms with van der Waals surface area (Å²) in [7, 11) is 0. The molecule has 4 nitrogen and oxygen atoms in total. The highest BCUT2D eigenvalue weighted by molar-refractivity contribution is 5.69. The zero-order valence-corrected chi connectivity index (χ0v) is 11.9. The summed E-state index contributed by atoms with van der Waals surface area (Å²) in [5.41, 5.74) is -0.488. The molecule has 0 aromatic carbocycles. The topological polar surface area (TPSA) is 46.6 Å². The Balaban J connectivity index is 2.72. The minimum absolute atomic E-state index is 0.0253. The van der Waals surface area contributed by atoms with Crippen LogP contribution in [0.1, 0.15) is 53.4 Å². The second-order valence-electron chi connectivity index (χ2n) is 5.98. The Morgan fingerprint density at radius 1 is 1.44 bits per heavy atom. The molecular formula is C14H25NO3. The van der Waals surface area contributed by atoms with Gasteiger partial charge in [0.05, 0.1) is 0 Å². The molecule has 4 heteroatoms. The van der Waals surface area contributed by atoms with Gasteiger partial charge in [-0.25, -0.2) is 4.79 Å². The zero-order valence-electron chi connectivity index (χ0n) is 11.9. The van der Waals surface area contributed by atoms with Gasteiger partial charge in [-0.2, -0.15) is 0 Å². The van der Waals surface area contributed by atoms with Crippen LogP contribution in [0.2, 0.25) is 0 Å². The van der Waals surface area contributed by atoms with E-state index in [0.717, 1.165) is 25.5 Å². The number of nitrogens with zero attached hydrogens (tertiary/aromatic N) is 1. The van der Waals surface area contributed by atoms with Crippen molar-refractivity contribution in [3.05, 3.63) is 0 Å². The fraction of sp³-hybridized carbons (Fsp3) is 0.857. The molecular weight excluding hydrogens is 230 g/mol. The van der Waals surface area contributed by atoms with Crippen molar-refractivity contribution in [3.63, 3.8) is 0 Å². The molecule has 1 fully saturated rings. The van der Waals surface area contributed by atoms with Crippen molar-refractivity contribution in [1.82, 2.24) is 4.90 Å². The summed E-state index contributed by atoms with van der Waals surface area (Å²) in [5.74, 6) is 0.481. The molecule has 0 bridgehead atoms. The third-order valence-corrected chi connectivity index (χ3v) is 3.00. The highest BCUT2D eigenvalue weighted by Crippen LogP contribution is 2.37. The van der Waals surface area contributed by atoms with Gasteiger partial charge in [0.15, 0.2) is 0 Å². The Morgan fingerprint density at radius 2 is 2.06 bits per heavy atom. The molecule has 0 radical (unpaired) electrons. The normalized spacial score (nSPS) is 17.1. The van der Waals surface area contributed by atoms with Crippen molar-refractivity contribution in [2.45, 2.75) is 65.0 Å². The van der Waals surface area contributed by atoms with Crippen molar-refractivity contribution in [3.8, 4) is 0 Å². The van der Waals surface area contributed by atoms with Crippen LogP contribution in [0.4, 0.5) is 4.79 Å². The fourth-order valence-electron chi connectivity index (χ4n) is 2.11. The number of rotatable bonds is 6. The zero-order chi connectivity index (χ0) is 13.8. The Kier molecular flexibility index (Phi) is 5.17. The van der Waals surface area contributed by atoms with Gasteiger partial charge in [0, 0.05) is 19.0 Å². The highest BCUT2D eigenvalue weighted by atomic mass is 16.6. The monoisotopic (exact) mass is 255 g/mol. The second-order valence-corrected chi connectivity index (χ2v) is 5.98. The maximum absolute atomic E-state index is 12.2. The van der Waals surface area contributed by atoms with E-state index >= 15 is 0 Å². The third kappa shape index (κ3) is 4.67. The summed E-state index contributed by atoms with van der Waals surface area (Å²) in [6, 6.07) is 0.0253. The van der Waals surface area contributed by atoms with Crippen LogP contribution < -0.4 is 0 Å². The van der Waals surface area contributed by atoms with E-state index in [2.05, 4.69) is 0 Å². The number of ether oxygens (including phenoxy) is 1. The molecule has 1 rings (SSSR count). The van der Waals surface area contributed by atoms with Gasteiger partial charge in [-0.3, -0.25) is 0 Å². The number of carbonyl (C=O) groups excluding carboxylic acids is 2. The smallest absolute Gasteiger partial charge is 0.410 e. The van der Waals surface area contributed by atoms with Gasteiger partial charge >= 0.3 is 6.09 Å². The van der Waals surface area contributed by atoms with E-state index in [0.29, 0.717) is 18.9 Å². The van der Waals surface area contributed by atoms with Crippen LogP contribution in [0.15, 0.2) is 0 Å². The molecule has 0 aliphatic heterocycles. The van der Waals surface area contributed by atoms with Gasteiger partial charge in [0.25, 0.3) is 0 Å². The minimum Gasteiger partial charge on any atom is -0.444 e. The first-order valence-corrected chi connectivity index (χ1v) is 6.82. The molecule has 104 valence electrons. The summed E-state index contributed by atoms with van der Waals surface area (Å²) in [6.45, 7) is 8.27. The van der Waals surface area contributed by atoms with Gasteiger partial charge in [-0.15, -0.1) is 0 Å². The van der Waals surface area contributed by atoms with Gasteiger partial charge < -0.3 is 14.4 Å². The number of carbonyl (C=O) groups is 2. The predicted molar refractivity (Wildman–Crippen MR) is 70.4 cm³/mol. The lowest BCUT2D eigenvalue weighted by molar-refractivity contribution is -0.109. The molecule has 1 saturated carbocycles. The number of hydrogen-bond donors (Lipinski definition) is 0.